The van der Waals surface area contributed by atoms with Gasteiger partial charge < -0.3 is 25.5 Å². The molecular weight excluding hydrogens is 248 g/mol. The van der Waals surface area contributed by atoms with Gasteiger partial charge in [-0.15, -0.1) is 0 Å². The van der Waals surface area contributed by atoms with E-state index in [0.29, 0.717) is 0 Å². The van der Waals surface area contributed by atoms with Crippen LogP contribution in [-0.4, -0.2) is 58.6 Å². The fraction of sp³-hybridized carbons (Fsp3) is 1.00. The molecule has 0 radical (unpaired) electrons. The Morgan fingerprint density at radius 3 is 0.438 bits per heavy atom. The summed E-state index contributed by atoms with van der Waals surface area (Å²) in [4.78, 5) is 0. The zero-order valence-electron chi connectivity index (χ0n) is 11.3. The molecule has 0 rings (SSSR count). The first kappa shape index (κ1) is 36.0. The van der Waals surface area contributed by atoms with Crippen LogP contribution in [0.4, 0.5) is 0 Å². The molecule has 0 aliphatic carbocycles. The van der Waals surface area contributed by atoms with Crippen molar-refractivity contribution in [3.63, 3.8) is 0 Å². The maximum absolute atomic E-state index is 7.57. The average Bonchev–Trinajstić information content (AvgIpc) is 2.09. The Kier molecular flexibility index (Phi) is 242. The molecule has 0 saturated carbocycles. The normalized spacial score (nSPS) is 5.62. The smallest absolute Gasteiger partial charge is 0.0402 e. The maximum Gasteiger partial charge on any atom is 0.0402 e. The van der Waals surface area contributed by atoms with Crippen LogP contribution in [0.25, 0.3) is 0 Å². The van der Waals surface area contributed by atoms with Gasteiger partial charge in [-0.3, -0.25) is 0 Å². The van der Waals surface area contributed by atoms with E-state index in [0.717, 1.165) is 0 Å². The molecule has 0 fully saturated rings. The van der Waals surface area contributed by atoms with Gasteiger partial charge in [-0.1, -0.05) is 0 Å². The van der Waals surface area contributed by atoms with Crippen molar-refractivity contribution >= 4 is 0 Å². The molecule has 0 aliphatic rings. The monoisotopic (exact) mass is 278 g/mol. The fourth-order valence-electron chi connectivity index (χ4n) is 0. The fourth-order valence-corrected chi connectivity index (χ4v) is 0. The van der Waals surface area contributed by atoms with Crippen molar-refractivity contribution < 1.29 is 47.3 Å². The van der Waals surface area contributed by atoms with Gasteiger partial charge in [-0.25, -0.2) is 0 Å². The van der Waals surface area contributed by atoms with Crippen LogP contribution in [0, 0.1) is 0 Å². The molecule has 0 aromatic carbocycles. The maximum atomic E-state index is 7.57. The Hall–Kier alpha value is 0.514. The molecule has 0 bridgehead atoms. The number of hydrogen-bond donors (Lipinski definition) is 5. The molecule has 104 valence electrons. The summed E-state index contributed by atoms with van der Waals surface area (Å²) in [5.74, 6) is 0. The van der Waals surface area contributed by atoms with Gasteiger partial charge in [0.15, 0.2) is 0 Å². The summed E-state index contributed by atoms with van der Waals surface area (Å²) < 4.78 is 0. The summed E-state index contributed by atoms with van der Waals surface area (Å²) in [6, 6.07) is 0. The van der Waals surface area contributed by atoms with E-state index in [2.05, 4.69) is 0 Å². The Balaban J connectivity index is -0.0000000192. The number of rotatable bonds is 0. The topological polar surface area (TPSA) is 101 Å². The molecule has 16 heavy (non-hydrogen) atoms. The van der Waals surface area contributed by atoms with Gasteiger partial charge in [0.05, 0.1) is 0 Å². The third-order valence-electron chi connectivity index (χ3n) is 0. The van der Waals surface area contributed by atoms with Crippen LogP contribution in [0.5, 0.6) is 0 Å². The minimum absolute atomic E-state index is 0. The first-order valence-electron chi connectivity index (χ1n) is 5.12. The van der Waals surface area contributed by atoms with Crippen molar-refractivity contribution in [3.8, 4) is 0 Å². The standard InChI is InChI=1S/5C2H6O.Ti/c5*1-2-3;/h5*3H,2H2,1H3;. The van der Waals surface area contributed by atoms with Gasteiger partial charge in [-0.05, 0) is 34.6 Å². The van der Waals surface area contributed by atoms with Crippen molar-refractivity contribution in [2.75, 3.05) is 33.0 Å². The van der Waals surface area contributed by atoms with E-state index in [4.69, 9.17) is 25.5 Å². The predicted molar refractivity (Wildman–Crippen MR) is 63.8 cm³/mol. The van der Waals surface area contributed by atoms with Crippen LogP contribution in [0.3, 0.4) is 0 Å². The molecule has 5 N–H and O–H groups in total. The molecule has 0 amide bonds. The molecule has 5 nitrogen and oxygen atoms in total. The number of hydrogen-bond acceptors (Lipinski definition) is 5. The van der Waals surface area contributed by atoms with Gasteiger partial charge >= 0.3 is 0 Å². The van der Waals surface area contributed by atoms with Crippen LogP contribution in [0.15, 0.2) is 0 Å². The van der Waals surface area contributed by atoms with Crippen LogP contribution < -0.4 is 0 Å². The Morgan fingerprint density at radius 1 is 0.438 bits per heavy atom. The SMILES string of the molecule is CCO.CCO.CCO.CCO.CCO.[Ti]. The molecular formula is C10H30O5Ti. The third kappa shape index (κ3) is 10000. The van der Waals surface area contributed by atoms with E-state index in [1.165, 1.54) is 0 Å². The predicted octanol–water partition coefficient (Wildman–Crippen LogP) is -0.00950. The van der Waals surface area contributed by atoms with Gasteiger partial charge in [0.1, 0.15) is 0 Å². The Bertz CT molecular complexity index is 30.8. The van der Waals surface area contributed by atoms with E-state index in [-0.39, 0.29) is 54.8 Å². The molecule has 0 heterocycles. The Morgan fingerprint density at radius 2 is 0.438 bits per heavy atom. The summed E-state index contributed by atoms with van der Waals surface area (Å²) >= 11 is 0. The van der Waals surface area contributed by atoms with E-state index < -0.39 is 0 Å². The second-order valence-electron chi connectivity index (χ2n) is 1.58. The molecule has 0 aliphatic heterocycles. The molecule has 0 aromatic heterocycles. The minimum Gasteiger partial charge on any atom is -0.397 e. The van der Waals surface area contributed by atoms with Gasteiger partial charge in [0.25, 0.3) is 0 Å². The van der Waals surface area contributed by atoms with E-state index in [1.807, 2.05) is 0 Å². The second kappa shape index (κ2) is 107. The first-order valence-corrected chi connectivity index (χ1v) is 5.12. The quantitative estimate of drug-likeness (QED) is 0.401. The van der Waals surface area contributed by atoms with Crippen molar-refractivity contribution in [1.29, 1.82) is 0 Å². The van der Waals surface area contributed by atoms with Crippen LogP contribution in [-0.2, 0) is 21.7 Å². The van der Waals surface area contributed by atoms with E-state index in [9.17, 15) is 0 Å². The summed E-state index contributed by atoms with van der Waals surface area (Å²) in [6.45, 7) is 9.65. The number of aliphatic hydroxyl groups excluding tert-OH is 5. The second-order valence-corrected chi connectivity index (χ2v) is 1.58. The van der Waals surface area contributed by atoms with Crippen molar-refractivity contribution in [2.24, 2.45) is 0 Å². The molecule has 0 aromatic rings. The van der Waals surface area contributed by atoms with Crippen molar-refractivity contribution in [2.45, 2.75) is 34.6 Å². The van der Waals surface area contributed by atoms with Crippen LogP contribution in [0.2, 0.25) is 0 Å². The Labute approximate surface area is 115 Å². The summed E-state index contributed by atoms with van der Waals surface area (Å²) in [7, 11) is 0. The van der Waals surface area contributed by atoms with Gasteiger partial charge in [-0.2, -0.15) is 0 Å². The third-order valence-corrected chi connectivity index (χ3v) is 0. The molecule has 6 heteroatoms. The zero-order chi connectivity index (χ0) is 13.5. The summed E-state index contributed by atoms with van der Waals surface area (Å²) in [5.41, 5.74) is 0. The molecule has 0 unspecified atom stereocenters. The summed E-state index contributed by atoms with van der Waals surface area (Å²) in [6.07, 6.45) is 0. The van der Waals surface area contributed by atoms with Gasteiger partial charge in [0, 0.05) is 54.8 Å². The van der Waals surface area contributed by atoms with Crippen LogP contribution in [0.1, 0.15) is 34.6 Å². The van der Waals surface area contributed by atoms with Gasteiger partial charge in [0.2, 0.25) is 0 Å². The molecule has 0 spiro atoms. The van der Waals surface area contributed by atoms with Crippen molar-refractivity contribution in [3.05, 3.63) is 0 Å². The first-order chi connectivity index (χ1) is 7.07. The average molecular weight is 278 g/mol. The van der Waals surface area contributed by atoms with E-state index in [1.54, 1.807) is 34.6 Å². The molecule has 0 saturated heterocycles. The minimum atomic E-state index is 0. The molecule has 0 atom stereocenters. The largest absolute Gasteiger partial charge is 0.397 e. The number of aliphatic hydroxyl groups is 5. The van der Waals surface area contributed by atoms with E-state index >= 15 is 0 Å². The van der Waals surface area contributed by atoms with Crippen LogP contribution >= 0.6 is 0 Å². The zero-order valence-corrected chi connectivity index (χ0v) is 12.8. The summed E-state index contributed by atoms with van der Waals surface area (Å²) in [5, 5.41) is 37.8. The van der Waals surface area contributed by atoms with Crippen molar-refractivity contribution in [1.82, 2.24) is 0 Å².